The van der Waals surface area contributed by atoms with Crippen LogP contribution in [0.4, 0.5) is 0 Å². The van der Waals surface area contributed by atoms with E-state index in [1.54, 1.807) is 30.1 Å². The first kappa shape index (κ1) is 19.8. The van der Waals surface area contributed by atoms with Crippen LogP contribution in [0.25, 0.3) is 11.0 Å². The lowest BCUT2D eigenvalue weighted by Gasteiger charge is -2.14. The van der Waals surface area contributed by atoms with E-state index in [9.17, 15) is 4.79 Å². The smallest absolute Gasteiger partial charge is 0.335 e. The highest BCUT2D eigenvalue weighted by atomic mass is 32.2. The van der Waals surface area contributed by atoms with E-state index in [2.05, 4.69) is 15.0 Å². The largest absolute Gasteiger partial charge is 0.493 e. The van der Waals surface area contributed by atoms with Crippen molar-refractivity contribution in [2.45, 2.75) is 17.8 Å². The molecule has 0 aliphatic carbocycles. The number of pyridine rings is 1. The van der Waals surface area contributed by atoms with Gasteiger partial charge in [-0.2, -0.15) is 0 Å². The molecule has 0 aliphatic rings. The summed E-state index contributed by atoms with van der Waals surface area (Å²) in [4.78, 5) is 23.5. The van der Waals surface area contributed by atoms with Gasteiger partial charge in [0.05, 0.1) is 29.4 Å². The first-order chi connectivity index (χ1) is 14.5. The van der Waals surface area contributed by atoms with E-state index in [0.717, 1.165) is 27.4 Å². The maximum atomic E-state index is 11.2. The number of carbonyl (C=O) groups is 1. The Morgan fingerprint density at radius 2 is 1.97 bits per heavy atom. The molecule has 0 fully saturated rings. The van der Waals surface area contributed by atoms with Crippen molar-refractivity contribution in [2.75, 3.05) is 7.11 Å². The van der Waals surface area contributed by atoms with Crippen molar-refractivity contribution >= 4 is 28.8 Å². The number of rotatable bonds is 7. The number of hydrogen-bond donors (Lipinski definition) is 2. The van der Waals surface area contributed by atoms with E-state index in [-0.39, 0.29) is 5.56 Å². The van der Waals surface area contributed by atoms with Crippen LogP contribution in [0.15, 0.2) is 59.9 Å². The molecule has 2 aromatic carbocycles. The van der Waals surface area contributed by atoms with Gasteiger partial charge >= 0.3 is 5.97 Å². The second-order valence-electron chi connectivity index (χ2n) is 6.50. The SMILES string of the molecule is COc1cc(C(=O)O)ccc1Oc1ccnc(CSc2nc3ccccc3[nH]2)c1C. The fourth-order valence-electron chi connectivity index (χ4n) is 2.95. The summed E-state index contributed by atoms with van der Waals surface area (Å²) in [6, 6.07) is 14.2. The van der Waals surface area contributed by atoms with E-state index in [1.165, 1.54) is 19.2 Å². The van der Waals surface area contributed by atoms with Gasteiger partial charge in [0.1, 0.15) is 5.75 Å². The minimum absolute atomic E-state index is 0.133. The molecule has 152 valence electrons. The number of hydrogen-bond acceptors (Lipinski definition) is 6. The van der Waals surface area contributed by atoms with Crippen molar-refractivity contribution in [2.24, 2.45) is 0 Å². The Hall–Kier alpha value is -3.52. The fraction of sp³-hybridized carbons (Fsp3) is 0.136. The average molecular weight is 421 g/mol. The molecule has 0 radical (unpaired) electrons. The van der Waals surface area contributed by atoms with Gasteiger partial charge in [-0.1, -0.05) is 23.9 Å². The number of aromatic amines is 1. The molecular formula is C22H19N3O4S. The number of methoxy groups -OCH3 is 1. The highest BCUT2D eigenvalue weighted by molar-refractivity contribution is 7.98. The molecule has 4 aromatic rings. The number of benzene rings is 2. The molecule has 0 bridgehead atoms. The number of aromatic nitrogens is 3. The van der Waals surface area contributed by atoms with E-state index < -0.39 is 5.97 Å². The minimum atomic E-state index is -1.02. The number of nitrogens with zero attached hydrogens (tertiary/aromatic N) is 2. The van der Waals surface area contributed by atoms with E-state index >= 15 is 0 Å². The Balaban J connectivity index is 1.53. The van der Waals surface area contributed by atoms with Crippen LogP contribution < -0.4 is 9.47 Å². The Kier molecular flexibility index (Phi) is 5.58. The summed E-state index contributed by atoms with van der Waals surface area (Å²) in [7, 11) is 1.47. The van der Waals surface area contributed by atoms with Crippen LogP contribution in [0.3, 0.4) is 0 Å². The van der Waals surface area contributed by atoms with Gasteiger partial charge in [0, 0.05) is 17.5 Å². The molecule has 2 heterocycles. The van der Waals surface area contributed by atoms with Crippen molar-refractivity contribution in [1.82, 2.24) is 15.0 Å². The predicted octanol–water partition coefficient (Wildman–Crippen LogP) is 5.06. The molecule has 0 amide bonds. The standard InChI is InChI=1S/C22H19N3O4S/c1-13-17(12-30-22-24-15-5-3-4-6-16(15)25-22)23-10-9-18(13)29-19-8-7-14(21(26)27)11-20(19)28-2/h3-11H,12H2,1-2H3,(H,24,25)(H,26,27). The Morgan fingerprint density at radius 3 is 2.73 bits per heavy atom. The number of nitrogens with one attached hydrogen (secondary N) is 1. The zero-order valence-corrected chi connectivity index (χ0v) is 17.2. The summed E-state index contributed by atoms with van der Waals surface area (Å²) in [5.74, 6) is 1.02. The van der Waals surface area contributed by atoms with Gasteiger partial charge in [0.15, 0.2) is 16.7 Å². The molecule has 0 atom stereocenters. The van der Waals surface area contributed by atoms with Crippen molar-refractivity contribution < 1.29 is 19.4 Å². The monoisotopic (exact) mass is 421 g/mol. The lowest BCUT2D eigenvalue weighted by Crippen LogP contribution is -2.00. The van der Waals surface area contributed by atoms with Gasteiger partial charge in [-0.15, -0.1) is 0 Å². The van der Waals surface area contributed by atoms with E-state index in [4.69, 9.17) is 14.6 Å². The zero-order valence-electron chi connectivity index (χ0n) is 16.4. The third-order valence-corrected chi connectivity index (χ3v) is 5.49. The first-order valence-electron chi connectivity index (χ1n) is 9.16. The van der Waals surface area contributed by atoms with Crippen molar-refractivity contribution in [3.8, 4) is 17.2 Å². The van der Waals surface area contributed by atoms with Gasteiger partial charge in [-0.3, -0.25) is 4.98 Å². The summed E-state index contributed by atoms with van der Waals surface area (Å²) < 4.78 is 11.3. The number of imidazole rings is 1. The number of H-pyrrole nitrogens is 1. The number of ether oxygens (including phenoxy) is 2. The predicted molar refractivity (Wildman–Crippen MR) is 115 cm³/mol. The van der Waals surface area contributed by atoms with Crippen LogP contribution in [-0.2, 0) is 5.75 Å². The Morgan fingerprint density at radius 1 is 1.13 bits per heavy atom. The van der Waals surface area contributed by atoms with Crippen molar-refractivity contribution in [3.05, 3.63) is 71.5 Å². The number of fused-ring (bicyclic) bond motifs is 1. The fourth-order valence-corrected chi connectivity index (χ4v) is 3.86. The third kappa shape index (κ3) is 4.08. The summed E-state index contributed by atoms with van der Waals surface area (Å²) in [6.07, 6.45) is 1.69. The molecule has 8 heteroatoms. The maximum Gasteiger partial charge on any atom is 0.335 e. The maximum absolute atomic E-state index is 11.2. The highest BCUT2D eigenvalue weighted by Crippen LogP contribution is 2.35. The molecule has 2 aromatic heterocycles. The summed E-state index contributed by atoms with van der Waals surface area (Å²) in [6.45, 7) is 1.94. The van der Waals surface area contributed by atoms with Crippen LogP contribution >= 0.6 is 11.8 Å². The number of aromatic carboxylic acids is 1. The molecule has 0 saturated heterocycles. The van der Waals surface area contributed by atoms with Gasteiger partial charge in [-0.25, -0.2) is 9.78 Å². The number of para-hydroxylation sites is 2. The number of thioether (sulfide) groups is 1. The molecule has 0 unspecified atom stereocenters. The number of carboxylic acid groups (broad SMARTS) is 1. The zero-order chi connectivity index (χ0) is 21.1. The molecule has 4 rings (SSSR count). The van der Waals surface area contributed by atoms with E-state index in [0.29, 0.717) is 23.0 Å². The quantitative estimate of drug-likeness (QED) is 0.403. The second-order valence-corrected chi connectivity index (χ2v) is 7.47. The molecule has 0 aliphatic heterocycles. The van der Waals surface area contributed by atoms with Gasteiger partial charge < -0.3 is 19.6 Å². The molecule has 7 nitrogen and oxygen atoms in total. The van der Waals surface area contributed by atoms with Crippen LogP contribution in [-0.4, -0.2) is 33.1 Å². The lowest BCUT2D eigenvalue weighted by atomic mass is 10.2. The lowest BCUT2D eigenvalue weighted by molar-refractivity contribution is 0.0696. The van der Waals surface area contributed by atoms with Crippen LogP contribution in [0.5, 0.6) is 17.2 Å². The van der Waals surface area contributed by atoms with Crippen molar-refractivity contribution in [1.29, 1.82) is 0 Å². The normalized spacial score (nSPS) is 10.9. The summed E-state index contributed by atoms with van der Waals surface area (Å²) in [5.41, 5.74) is 3.83. The molecule has 0 saturated carbocycles. The second kappa shape index (κ2) is 8.46. The Labute approximate surface area is 177 Å². The number of carboxylic acids is 1. The van der Waals surface area contributed by atoms with Crippen LogP contribution in [0.2, 0.25) is 0 Å². The highest BCUT2D eigenvalue weighted by Gasteiger charge is 2.14. The van der Waals surface area contributed by atoms with Crippen molar-refractivity contribution in [3.63, 3.8) is 0 Å². The molecule has 0 spiro atoms. The molecule has 2 N–H and O–H groups in total. The Bertz CT molecular complexity index is 1190. The molecule has 30 heavy (non-hydrogen) atoms. The third-order valence-electron chi connectivity index (χ3n) is 4.60. The van der Waals surface area contributed by atoms with Crippen LogP contribution in [0, 0.1) is 6.92 Å². The minimum Gasteiger partial charge on any atom is -0.493 e. The average Bonchev–Trinajstić information content (AvgIpc) is 3.17. The summed E-state index contributed by atoms with van der Waals surface area (Å²) >= 11 is 1.57. The van der Waals surface area contributed by atoms with Gasteiger partial charge in [0.2, 0.25) is 0 Å². The molecular weight excluding hydrogens is 402 g/mol. The topological polar surface area (TPSA) is 97.3 Å². The van der Waals surface area contributed by atoms with Gasteiger partial charge in [0.25, 0.3) is 0 Å². The van der Waals surface area contributed by atoms with Gasteiger partial charge in [-0.05, 0) is 43.3 Å². The van der Waals surface area contributed by atoms with Crippen LogP contribution in [0.1, 0.15) is 21.6 Å². The first-order valence-corrected chi connectivity index (χ1v) is 10.1. The summed E-state index contributed by atoms with van der Waals surface area (Å²) in [5, 5.41) is 9.98. The van der Waals surface area contributed by atoms with E-state index in [1.807, 2.05) is 31.2 Å².